The predicted octanol–water partition coefficient (Wildman–Crippen LogP) is 9.93. The van der Waals surface area contributed by atoms with Crippen molar-refractivity contribution in [3.63, 3.8) is 0 Å². The summed E-state index contributed by atoms with van der Waals surface area (Å²) in [6.07, 6.45) is 25.4. The Balaban J connectivity index is 0.000000171. The molecule has 0 aromatic heterocycles. The van der Waals surface area contributed by atoms with Crippen LogP contribution in [0.1, 0.15) is 96.8 Å². The second-order valence-electron chi connectivity index (χ2n) is 15.5. The minimum Gasteiger partial charge on any atom is -0.748 e. The molecule has 0 amide bonds. The Morgan fingerprint density at radius 2 is 1.20 bits per heavy atom. The summed E-state index contributed by atoms with van der Waals surface area (Å²) < 4.78 is 27.2. The molecule has 44 heavy (non-hydrogen) atoms. The fourth-order valence-electron chi connectivity index (χ4n) is 11.7. The molecule has 0 atom stereocenters. The molecular weight excluding hydrogens is 676 g/mol. The second-order valence-corrected chi connectivity index (χ2v) is 20.5. The molecule has 2 aromatic rings. The summed E-state index contributed by atoms with van der Waals surface area (Å²) in [5, 5.41) is 1.83. The molecule has 2 aromatic carbocycles. The van der Waals surface area contributed by atoms with Crippen molar-refractivity contribution in [2.75, 3.05) is 12.4 Å². The summed E-state index contributed by atoms with van der Waals surface area (Å²) in [6.45, 7) is 2.46. The molecule has 0 aliphatic heterocycles. The minimum absolute atomic E-state index is 0. The van der Waals surface area contributed by atoms with E-state index in [-0.39, 0.29) is 28.3 Å². The van der Waals surface area contributed by atoms with Gasteiger partial charge in [0.1, 0.15) is 0 Å². The third-order valence-electron chi connectivity index (χ3n) is 12.1. The smallest absolute Gasteiger partial charge is 0.0916 e. The van der Waals surface area contributed by atoms with Gasteiger partial charge in [-0.2, -0.15) is 5.69 Å². The standard InChI is InChI=1S/C24H39P.C12H9N.CH4O3S.Pd/c1-2-3-4-25(23-11-17-5-18(12-23)7-19(6-17)13-23)24-14-20-8-21(15-24)10-22(9-20)16-24;13-12-9-5-4-8-11(12)10-6-2-1-3-7-10;1-5(2,3)4;/h17-22H,2-16H2,1H3;1-6,8-9,13H;1H3,(H,2,3,4);/q;-2;;. The maximum absolute atomic E-state index is 9.08. The maximum atomic E-state index is 9.08. The molecule has 8 fully saturated rings. The first-order chi connectivity index (χ1) is 20.5. The van der Waals surface area contributed by atoms with Gasteiger partial charge in [-0.1, -0.05) is 37.6 Å². The van der Waals surface area contributed by atoms with Gasteiger partial charge >= 0.3 is 0 Å². The van der Waals surface area contributed by atoms with Crippen molar-refractivity contribution in [1.29, 1.82) is 0 Å². The van der Waals surface area contributed by atoms with Crippen molar-refractivity contribution in [3.8, 4) is 11.1 Å². The van der Waals surface area contributed by atoms with Crippen LogP contribution in [-0.4, -0.2) is 35.7 Å². The number of hydrogen-bond donors (Lipinski definition) is 0. The molecule has 0 unspecified atom stereocenters. The van der Waals surface area contributed by atoms with Gasteiger partial charge in [0.05, 0.1) is 26.6 Å². The van der Waals surface area contributed by atoms with E-state index in [1.165, 1.54) is 41.9 Å². The zero-order valence-electron chi connectivity index (χ0n) is 26.6. The van der Waals surface area contributed by atoms with Gasteiger partial charge in [-0.3, -0.25) is 0 Å². The largest absolute Gasteiger partial charge is 0.748 e. The molecule has 10 rings (SSSR count). The van der Waals surface area contributed by atoms with E-state index in [1.54, 1.807) is 95.7 Å². The average molecular weight is 728 g/mol. The Morgan fingerprint density at radius 1 is 0.795 bits per heavy atom. The predicted molar refractivity (Wildman–Crippen MR) is 180 cm³/mol. The first-order valence-electron chi connectivity index (χ1n) is 17.1. The van der Waals surface area contributed by atoms with Gasteiger partial charge in [-0.05, 0) is 119 Å². The third-order valence-corrected chi connectivity index (χ3v) is 16.7. The Bertz CT molecular complexity index is 1230. The summed E-state index contributed by atoms with van der Waals surface area (Å²) >= 11 is 0. The van der Waals surface area contributed by atoms with Gasteiger partial charge < -0.3 is 10.3 Å². The summed E-state index contributed by atoms with van der Waals surface area (Å²) in [6, 6.07) is 18.4. The Morgan fingerprint density at radius 3 is 1.57 bits per heavy atom. The normalized spacial score (nSPS) is 36.3. The fourth-order valence-corrected chi connectivity index (χ4v) is 17.8. The number of nitrogens with one attached hydrogen (secondary N) is 1. The summed E-state index contributed by atoms with van der Waals surface area (Å²) in [5.74, 6) is 7.01. The number of benzene rings is 2. The molecular formula is C37H52NO3PPdS-2. The Hall–Kier alpha value is -0.758. The fraction of sp³-hybridized carbons (Fsp3) is 0.676. The quantitative estimate of drug-likeness (QED) is 0.129. The van der Waals surface area contributed by atoms with Crippen molar-refractivity contribution < 1.29 is 33.4 Å². The van der Waals surface area contributed by atoms with E-state index in [0.717, 1.165) is 21.4 Å². The maximum Gasteiger partial charge on any atom is 0.0916 e. The second kappa shape index (κ2) is 14.2. The molecule has 0 radical (unpaired) electrons. The van der Waals surface area contributed by atoms with E-state index >= 15 is 0 Å². The monoisotopic (exact) mass is 727 g/mol. The van der Waals surface area contributed by atoms with Crippen LogP contribution in [0.15, 0.2) is 48.5 Å². The van der Waals surface area contributed by atoms with Crippen LogP contribution in [0.5, 0.6) is 0 Å². The van der Waals surface area contributed by atoms with Crippen molar-refractivity contribution >= 4 is 23.7 Å². The first kappa shape index (κ1) is 34.6. The topological polar surface area (TPSA) is 81.0 Å². The van der Waals surface area contributed by atoms with E-state index in [4.69, 9.17) is 18.7 Å². The molecule has 0 spiro atoms. The Labute approximate surface area is 282 Å². The van der Waals surface area contributed by atoms with Crippen LogP contribution in [0, 0.1) is 41.6 Å². The van der Waals surface area contributed by atoms with Crippen LogP contribution >= 0.6 is 7.92 Å². The average Bonchev–Trinajstić information content (AvgIpc) is 2.92. The number of rotatable bonds is 6. The van der Waals surface area contributed by atoms with Gasteiger partial charge in [-0.15, -0.1) is 41.5 Å². The van der Waals surface area contributed by atoms with Crippen LogP contribution in [0.2, 0.25) is 0 Å². The molecule has 0 heterocycles. The third kappa shape index (κ3) is 7.85. The molecule has 246 valence electrons. The minimum atomic E-state index is -3.92. The van der Waals surface area contributed by atoms with E-state index < -0.39 is 10.1 Å². The molecule has 0 saturated heterocycles. The van der Waals surface area contributed by atoms with Crippen molar-refractivity contribution in [2.24, 2.45) is 35.5 Å². The van der Waals surface area contributed by atoms with E-state index in [0.29, 0.717) is 11.9 Å². The van der Waals surface area contributed by atoms with Gasteiger partial charge in [0, 0.05) is 34.6 Å². The van der Waals surface area contributed by atoms with Crippen LogP contribution in [-0.2, 0) is 30.5 Å². The molecule has 7 heteroatoms. The number of unbranched alkanes of at least 4 members (excludes halogenated alkanes) is 1. The van der Waals surface area contributed by atoms with E-state index in [2.05, 4.69) is 13.0 Å². The van der Waals surface area contributed by atoms with Gasteiger partial charge in [0.15, 0.2) is 0 Å². The van der Waals surface area contributed by atoms with Crippen molar-refractivity contribution in [3.05, 3.63) is 60.3 Å². The molecule has 4 nitrogen and oxygen atoms in total. The SMILES string of the molecule is CCCC[PH+](C12CC3CC(CC(C3)C1)C2)C12CC3CC(CC(C3)C1)C2.CS(=O)(=O)[O-].[NH-]c1ccccc1-c1[c-]cccc1.[Pd]. The zero-order valence-corrected chi connectivity index (χ0v) is 30.0. The van der Waals surface area contributed by atoms with Gasteiger partial charge in [-0.25, -0.2) is 8.42 Å². The van der Waals surface area contributed by atoms with Crippen LogP contribution in [0.3, 0.4) is 0 Å². The molecule has 8 bridgehead atoms. The van der Waals surface area contributed by atoms with Crippen LogP contribution < -0.4 is 0 Å². The van der Waals surface area contributed by atoms with Crippen molar-refractivity contribution in [2.45, 2.75) is 107 Å². The van der Waals surface area contributed by atoms with Gasteiger partial charge in [0.2, 0.25) is 0 Å². The molecule has 8 aliphatic rings. The van der Waals surface area contributed by atoms with E-state index in [1.807, 2.05) is 42.5 Å². The van der Waals surface area contributed by atoms with Gasteiger partial charge in [0.25, 0.3) is 0 Å². The summed E-state index contributed by atoms with van der Waals surface area (Å²) in [7, 11) is -4.11. The molecule has 8 aliphatic carbocycles. The first-order valence-corrected chi connectivity index (χ1v) is 20.6. The molecule has 1 N–H and O–H groups in total. The van der Waals surface area contributed by atoms with E-state index in [9.17, 15) is 0 Å². The summed E-state index contributed by atoms with van der Waals surface area (Å²) in [4.78, 5) is 0. The van der Waals surface area contributed by atoms with Crippen LogP contribution in [0.25, 0.3) is 16.9 Å². The summed E-state index contributed by atoms with van der Waals surface area (Å²) in [5.41, 5.74) is 10.1. The molecule has 8 saturated carbocycles. The Kier molecular flexibility index (Phi) is 11.1. The van der Waals surface area contributed by atoms with Crippen LogP contribution in [0.4, 0.5) is 5.69 Å². The zero-order chi connectivity index (χ0) is 30.2. The number of hydrogen-bond acceptors (Lipinski definition) is 3. The van der Waals surface area contributed by atoms with Crippen molar-refractivity contribution in [1.82, 2.24) is 0 Å².